The van der Waals surface area contributed by atoms with Gasteiger partial charge < -0.3 is 4.43 Å². The predicted molar refractivity (Wildman–Crippen MR) is 71.8 cm³/mol. The molecule has 2 heteroatoms. The Balaban J connectivity index is 2.58. The maximum atomic E-state index is 5.54. The predicted octanol–water partition coefficient (Wildman–Crippen LogP) is 2.58. The SMILES string of the molecule is CCc1ccccc1-c1ccccc1O[SiH3]. The van der Waals surface area contributed by atoms with Gasteiger partial charge in [0.1, 0.15) is 5.75 Å². The Morgan fingerprint density at radius 3 is 2.25 bits per heavy atom. The molecule has 16 heavy (non-hydrogen) atoms. The lowest BCUT2D eigenvalue weighted by Gasteiger charge is -2.12. The van der Waals surface area contributed by atoms with E-state index in [1.165, 1.54) is 16.7 Å². The van der Waals surface area contributed by atoms with E-state index in [9.17, 15) is 0 Å². The van der Waals surface area contributed by atoms with Crippen molar-refractivity contribution in [2.24, 2.45) is 0 Å². The van der Waals surface area contributed by atoms with Gasteiger partial charge in [-0.1, -0.05) is 49.4 Å². The summed E-state index contributed by atoms with van der Waals surface area (Å²) in [6.07, 6.45) is 1.05. The zero-order valence-electron chi connectivity index (χ0n) is 9.73. The molecule has 2 aromatic rings. The zero-order valence-corrected chi connectivity index (χ0v) is 11.7. The molecule has 0 aliphatic carbocycles. The Morgan fingerprint density at radius 2 is 1.56 bits per heavy atom. The van der Waals surface area contributed by atoms with Crippen molar-refractivity contribution in [3.63, 3.8) is 0 Å². The lowest BCUT2D eigenvalue weighted by molar-refractivity contribution is 0.618. The van der Waals surface area contributed by atoms with E-state index in [1.54, 1.807) is 0 Å². The van der Waals surface area contributed by atoms with Crippen LogP contribution in [0.5, 0.6) is 5.75 Å². The van der Waals surface area contributed by atoms with Gasteiger partial charge in [0.05, 0.1) is 0 Å². The van der Waals surface area contributed by atoms with Crippen LogP contribution in [-0.2, 0) is 6.42 Å². The van der Waals surface area contributed by atoms with E-state index in [4.69, 9.17) is 4.43 Å². The van der Waals surface area contributed by atoms with E-state index in [-0.39, 0.29) is 0 Å². The van der Waals surface area contributed by atoms with E-state index >= 15 is 0 Å². The van der Waals surface area contributed by atoms with Crippen LogP contribution in [0.1, 0.15) is 12.5 Å². The quantitative estimate of drug-likeness (QED) is 0.734. The normalized spacial score (nSPS) is 10.3. The van der Waals surface area contributed by atoms with Gasteiger partial charge in [0.15, 0.2) is 0 Å². The van der Waals surface area contributed by atoms with Gasteiger partial charge in [-0.3, -0.25) is 0 Å². The number of benzene rings is 2. The van der Waals surface area contributed by atoms with Crippen molar-refractivity contribution in [1.29, 1.82) is 0 Å². The highest BCUT2D eigenvalue weighted by atomic mass is 28.2. The molecule has 0 fully saturated rings. The van der Waals surface area contributed by atoms with Crippen molar-refractivity contribution in [2.45, 2.75) is 13.3 Å². The molecule has 2 aromatic carbocycles. The third-order valence-electron chi connectivity index (χ3n) is 2.80. The van der Waals surface area contributed by atoms with Crippen LogP contribution in [0.15, 0.2) is 48.5 Å². The van der Waals surface area contributed by atoms with Gasteiger partial charge in [-0.25, -0.2) is 0 Å². The van der Waals surface area contributed by atoms with E-state index in [1.807, 2.05) is 12.1 Å². The van der Waals surface area contributed by atoms with Crippen molar-refractivity contribution in [2.75, 3.05) is 0 Å². The molecule has 1 nitrogen and oxygen atoms in total. The lowest BCUT2D eigenvalue weighted by atomic mass is 9.97. The largest absolute Gasteiger partial charge is 0.553 e. The van der Waals surface area contributed by atoms with E-state index in [0.29, 0.717) is 0 Å². The van der Waals surface area contributed by atoms with Crippen LogP contribution in [-0.4, -0.2) is 10.5 Å². The topological polar surface area (TPSA) is 9.23 Å². The van der Waals surface area contributed by atoms with Crippen LogP contribution in [0.4, 0.5) is 0 Å². The van der Waals surface area contributed by atoms with Crippen LogP contribution >= 0.6 is 0 Å². The first kappa shape index (κ1) is 11.0. The molecular weight excluding hydrogens is 212 g/mol. The molecule has 0 spiro atoms. The first-order valence-electron chi connectivity index (χ1n) is 5.58. The highest BCUT2D eigenvalue weighted by Crippen LogP contribution is 2.31. The van der Waals surface area contributed by atoms with Gasteiger partial charge >= 0.3 is 0 Å². The van der Waals surface area contributed by atoms with Crippen LogP contribution in [0, 0.1) is 0 Å². The fourth-order valence-electron chi connectivity index (χ4n) is 1.96. The van der Waals surface area contributed by atoms with Crippen LogP contribution < -0.4 is 4.43 Å². The molecule has 0 heterocycles. The van der Waals surface area contributed by atoms with Crippen molar-refractivity contribution >= 4 is 10.5 Å². The average molecular weight is 228 g/mol. The van der Waals surface area contributed by atoms with Gasteiger partial charge in [0.25, 0.3) is 0 Å². The summed E-state index contributed by atoms with van der Waals surface area (Å²) in [6, 6.07) is 16.8. The number of hydrogen-bond donors (Lipinski definition) is 0. The fraction of sp³-hybridized carbons (Fsp3) is 0.143. The number of rotatable bonds is 3. The second-order valence-electron chi connectivity index (χ2n) is 3.71. The number of aryl methyl sites for hydroxylation is 1. The summed E-state index contributed by atoms with van der Waals surface area (Å²) in [5.41, 5.74) is 3.86. The molecule has 0 saturated heterocycles. The average Bonchev–Trinajstić information content (AvgIpc) is 2.38. The van der Waals surface area contributed by atoms with E-state index in [0.717, 1.165) is 22.7 Å². The first-order chi connectivity index (χ1) is 7.86. The van der Waals surface area contributed by atoms with Crippen LogP contribution in [0.3, 0.4) is 0 Å². The van der Waals surface area contributed by atoms with Crippen LogP contribution in [0.25, 0.3) is 11.1 Å². The van der Waals surface area contributed by atoms with Crippen molar-refractivity contribution < 1.29 is 4.43 Å². The molecule has 0 aromatic heterocycles. The summed E-state index contributed by atoms with van der Waals surface area (Å²) >= 11 is 0. The van der Waals surface area contributed by atoms with Crippen molar-refractivity contribution in [1.82, 2.24) is 0 Å². The van der Waals surface area contributed by atoms with Gasteiger partial charge in [0, 0.05) is 5.56 Å². The Labute approximate surface area is 99.6 Å². The number of para-hydroxylation sites is 1. The maximum Gasteiger partial charge on any atom is 0.204 e. The highest BCUT2D eigenvalue weighted by molar-refractivity contribution is 6.00. The monoisotopic (exact) mass is 228 g/mol. The Bertz CT molecular complexity index is 434. The van der Waals surface area contributed by atoms with E-state index < -0.39 is 0 Å². The maximum absolute atomic E-state index is 5.54. The molecule has 0 atom stereocenters. The summed E-state index contributed by atoms with van der Waals surface area (Å²) in [5, 5.41) is 0. The summed E-state index contributed by atoms with van der Waals surface area (Å²) < 4.78 is 5.54. The molecule has 0 aliphatic rings. The molecule has 0 unspecified atom stereocenters. The molecular formula is C14H16OSi. The zero-order chi connectivity index (χ0) is 11.4. The third-order valence-corrected chi connectivity index (χ3v) is 3.24. The minimum Gasteiger partial charge on any atom is -0.553 e. The minimum atomic E-state index is 0.726. The molecule has 0 radical (unpaired) electrons. The molecule has 0 saturated carbocycles. The molecule has 0 N–H and O–H groups in total. The molecule has 2 rings (SSSR count). The minimum absolute atomic E-state index is 0.726. The first-order valence-corrected chi connectivity index (χ1v) is 6.39. The Kier molecular flexibility index (Phi) is 3.42. The number of hydrogen-bond acceptors (Lipinski definition) is 1. The smallest absolute Gasteiger partial charge is 0.204 e. The van der Waals surface area contributed by atoms with Gasteiger partial charge in [-0.05, 0) is 23.6 Å². The van der Waals surface area contributed by atoms with Gasteiger partial charge in [0.2, 0.25) is 10.5 Å². The molecule has 0 amide bonds. The fourth-order valence-corrected chi connectivity index (χ4v) is 2.31. The lowest BCUT2D eigenvalue weighted by Crippen LogP contribution is -1.92. The Hall–Kier alpha value is -1.54. The van der Waals surface area contributed by atoms with Crippen molar-refractivity contribution in [3.05, 3.63) is 54.1 Å². The second-order valence-corrected chi connectivity index (χ2v) is 4.12. The van der Waals surface area contributed by atoms with E-state index in [2.05, 4.69) is 43.3 Å². The molecule has 82 valence electrons. The second kappa shape index (κ2) is 4.99. The summed E-state index contributed by atoms with van der Waals surface area (Å²) in [6.45, 7) is 2.18. The Morgan fingerprint density at radius 1 is 0.938 bits per heavy atom. The highest BCUT2D eigenvalue weighted by Gasteiger charge is 2.07. The van der Waals surface area contributed by atoms with Crippen LogP contribution in [0.2, 0.25) is 0 Å². The summed E-state index contributed by atoms with van der Waals surface area (Å²) in [4.78, 5) is 0. The molecule has 0 bridgehead atoms. The summed E-state index contributed by atoms with van der Waals surface area (Å²) in [7, 11) is 0.726. The van der Waals surface area contributed by atoms with Gasteiger partial charge in [-0.2, -0.15) is 0 Å². The van der Waals surface area contributed by atoms with Gasteiger partial charge in [-0.15, -0.1) is 0 Å². The standard InChI is InChI=1S/C14H16OSi/c1-2-11-7-3-4-8-12(11)13-9-5-6-10-14(13)15-16/h3-10H,2H2,1,16H3. The van der Waals surface area contributed by atoms with Crippen molar-refractivity contribution in [3.8, 4) is 16.9 Å². The molecule has 0 aliphatic heterocycles. The summed E-state index contributed by atoms with van der Waals surface area (Å²) in [5.74, 6) is 0.995. The third kappa shape index (κ3) is 2.02.